The van der Waals surface area contributed by atoms with E-state index in [1.165, 1.54) is 19.2 Å². The number of carbonyl (C=O) groups excluding carboxylic acids is 1. The zero-order chi connectivity index (χ0) is 14.0. The Bertz CT molecular complexity index is 700. The first kappa shape index (κ1) is 13.8. The number of halogens is 2. The average Bonchev–Trinajstić information content (AvgIpc) is 2.36. The molecule has 1 aromatic heterocycles. The van der Waals surface area contributed by atoms with Crippen molar-refractivity contribution in [1.29, 1.82) is 0 Å². The molecule has 0 unspecified atom stereocenters. The predicted octanol–water partition coefficient (Wildman–Crippen LogP) is 2.45. The molecule has 0 aliphatic heterocycles. The van der Waals surface area contributed by atoms with E-state index in [9.17, 15) is 9.59 Å². The number of hydrogen-bond acceptors (Lipinski definition) is 3. The lowest BCUT2D eigenvalue weighted by atomic mass is 10.3. The summed E-state index contributed by atoms with van der Waals surface area (Å²) in [5, 5.41) is 6.90. The van der Waals surface area contributed by atoms with Gasteiger partial charge in [0.1, 0.15) is 5.69 Å². The first-order valence-corrected chi connectivity index (χ1v) is 6.45. The van der Waals surface area contributed by atoms with E-state index in [-0.39, 0.29) is 11.3 Å². The minimum Gasteiger partial charge on any atom is -0.319 e. The van der Waals surface area contributed by atoms with Gasteiger partial charge in [-0.25, -0.2) is 4.68 Å². The second-order valence-electron chi connectivity index (χ2n) is 3.76. The van der Waals surface area contributed by atoms with E-state index in [0.29, 0.717) is 10.7 Å². The van der Waals surface area contributed by atoms with Crippen LogP contribution in [0.5, 0.6) is 0 Å². The van der Waals surface area contributed by atoms with Crippen molar-refractivity contribution in [2.24, 2.45) is 7.05 Å². The van der Waals surface area contributed by atoms with Crippen LogP contribution < -0.4 is 10.9 Å². The van der Waals surface area contributed by atoms with Crippen LogP contribution in [0.25, 0.3) is 0 Å². The van der Waals surface area contributed by atoms with Crippen LogP contribution in [0.4, 0.5) is 5.69 Å². The van der Waals surface area contributed by atoms with Crippen molar-refractivity contribution in [2.45, 2.75) is 0 Å². The fourth-order valence-corrected chi connectivity index (χ4v) is 2.12. The van der Waals surface area contributed by atoms with Crippen LogP contribution in [-0.4, -0.2) is 15.7 Å². The van der Waals surface area contributed by atoms with Crippen LogP contribution in [0.15, 0.2) is 39.6 Å². The minimum absolute atomic E-state index is 0.140. The monoisotopic (exact) mass is 341 g/mol. The van der Waals surface area contributed by atoms with Crippen molar-refractivity contribution in [1.82, 2.24) is 9.78 Å². The number of amides is 1. The van der Waals surface area contributed by atoms with E-state index in [1.54, 1.807) is 18.2 Å². The lowest BCUT2D eigenvalue weighted by Crippen LogP contribution is -2.23. The van der Waals surface area contributed by atoms with Gasteiger partial charge in [-0.2, -0.15) is 5.10 Å². The molecule has 1 heterocycles. The van der Waals surface area contributed by atoms with Crippen LogP contribution in [-0.2, 0) is 7.05 Å². The maximum Gasteiger partial charge on any atom is 0.276 e. The molecule has 0 bridgehead atoms. The third-order valence-electron chi connectivity index (χ3n) is 2.37. The third-order valence-corrected chi connectivity index (χ3v) is 3.18. The highest BCUT2D eigenvalue weighted by molar-refractivity contribution is 9.10. The van der Waals surface area contributed by atoms with Gasteiger partial charge in [-0.1, -0.05) is 27.5 Å². The molecule has 0 aliphatic rings. The van der Waals surface area contributed by atoms with Gasteiger partial charge in [-0.15, -0.1) is 0 Å². The Kier molecular flexibility index (Phi) is 4.01. The molecular formula is C12H9BrClN3O2. The molecule has 1 amide bonds. The summed E-state index contributed by atoms with van der Waals surface area (Å²) in [5.41, 5.74) is 0.338. The molecule has 0 radical (unpaired) electrons. The largest absolute Gasteiger partial charge is 0.319 e. The third kappa shape index (κ3) is 3.21. The van der Waals surface area contributed by atoms with Gasteiger partial charge in [0, 0.05) is 17.6 Å². The summed E-state index contributed by atoms with van der Waals surface area (Å²) >= 11 is 9.27. The van der Waals surface area contributed by atoms with Crippen LogP contribution >= 0.6 is 27.5 Å². The first-order valence-electron chi connectivity index (χ1n) is 5.28. The topological polar surface area (TPSA) is 64.0 Å². The Morgan fingerprint density at radius 3 is 2.74 bits per heavy atom. The highest BCUT2D eigenvalue weighted by atomic mass is 79.9. The van der Waals surface area contributed by atoms with Gasteiger partial charge in [0.15, 0.2) is 0 Å². The fraction of sp³-hybridized carbons (Fsp3) is 0.0833. The average molecular weight is 343 g/mol. The summed E-state index contributed by atoms with van der Waals surface area (Å²) in [5.74, 6) is -0.431. The molecule has 19 heavy (non-hydrogen) atoms. The number of benzene rings is 1. The molecule has 0 saturated carbocycles. The van der Waals surface area contributed by atoms with Crippen LogP contribution in [0, 0.1) is 0 Å². The van der Waals surface area contributed by atoms with Crippen molar-refractivity contribution in [3.8, 4) is 0 Å². The first-order chi connectivity index (χ1) is 8.97. The zero-order valence-corrected chi connectivity index (χ0v) is 12.2. The number of rotatable bonds is 2. The highest BCUT2D eigenvalue weighted by Crippen LogP contribution is 2.25. The van der Waals surface area contributed by atoms with Gasteiger partial charge in [0.2, 0.25) is 0 Å². The summed E-state index contributed by atoms with van der Waals surface area (Å²) in [7, 11) is 1.48. The molecule has 0 saturated heterocycles. The Morgan fingerprint density at radius 1 is 1.37 bits per heavy atom. The molecule has 5 nitrogen and oxygen atoms in total. The van der Waals surface area contributed by atoms with Crippen molar-refractivity contribution in [3.05, 3.63) is 55.9 Å². The maximum absolute atomic E-state index is 12.0. The Balaban J connectivity index is 2.25. The van der Waals surface area contributed by atoms with Crippen LogP contribution in [0.3, 0.4) is 0 Å². The van der Waals surface area contributed by atoms with Crippen molar-refractivity contribution >= 4 is 39.1 Å². The normalized spacial score (nSPS) is 10.3. The van der Waals surface area contributed by atoms with Gasteiger partial charge in [-0.3, -0.25) is 9.59 Å². The van der Waals surface area contributed by atoms with Crippen molar-refractivity contribution < 1.29 is 4.79 Å². The van der Waals surface area contributed by atoms with Crippen LogP contribution in [0.1, 0.15) is 10.5 Å². The van der Waals surface area contributed by atoms with E-state index in [2.05, 4.69) is 26.3 Å². The molecule has 1 N–H and O–H groups in total. The second-order valence-corrected chi connectivity index (χ2v) is 5.08. The number of aromatic nitrogens is 2. The van der Waals surface area contributed by atoms with E-state index in [4.69, 9.17) is 11.6 Å². The summed E-state index contributed by atoms with van der Waals surface area (Å²) in [6, 6.07) is 7.75. The standard InChI is InChI=1S/C12H9BrClN3O2/c1-17-11(18)5-4-10(16-17)12(19)15-9-3-2-7(13)6-8(9)14/h2-6H,1H3,(H,15,19). The van der Waals surface area contributed by atoms with E-state index >= 15 is 0 Å². The molecule has 0 atom stereocenters. The van der Waals surface area contributed by atoms with Gasteiger partial charge in [-0.05, 0) is 24.3 Å². The summed E-state index contributed by atoms with van der Waals surface area (Å²) in [4.78, 5) is 23.1. The summed E-state index contributed by atoms with van der Waals surface area (Å²) in [6.07, 6.45) is 0. The fourth-order valence-electron chi connectivity index (χ4n) is 1.40. The Labute approximate surface area is 122 Å². The van der Waals surface area contributed by atoms with E-state index < -0.39 is 5.91 Å². The zero-order valence-electron chi connectivity index (χ0n) is 9.85. The molecule has 1 aromatic carbocycles. The Morgan fingerprint density at radius 2 is 2.11 bits per heavy atom. The lowest BCUT2D eigenvalue weighted by Gasteiger charge is -2.07. The van der Waals surface area contributed by atoms with E-state index in [1.807, 2.05) is 0 Å². The van der Waals surface area contributed by atoms with Gasteiger partial charge < -0.3 is 5.32 Å². The highest BCUT2D eigenvalue weighted by Gasteiger charge is 2.11. The molecule has 0 fully saturated rings. The number of carbonyl (C=O) groups is 1. The molecule has 0 spiro atoms. The van der Waals surface area contributed by atoms with Gasteiger partial charge >= 0.3 is 0 Å². The smallest absolute Gasteiger partial charge is 0.276 e. The van der Waals surface area contributed by atoms with Crippen molar-refractivity contribution in [2.75, 3.05) is 5.32 Å². The molecule has 7 heteroatoms. The van der Waals surface area contributed by atoms with Crippen LogP contribution in [0.2, 0.25) is 5.02 Å². The molecule has 98 valence electrons. The minimum atomic E-state index is -0.431. The number of hydrogen-bond donors (Lipinski definition) is 1. The van der Waals surface area contributed by atoms with Crippen molar-refractivity contribution in [3.63, 3.8) is 0 Å². The number of anilines is 1. The number of aryl methyl sites for hydroxylation is 1. The summed E-state index contributed by atoms with van der Waals surface area (Å²) < 4.78 is 1.91. The number of nitrogens with zero attached hydrogens (tertiary/aromatic N) is 2. The summed E-state index contributed by atoms with van der Waals surface area (Å²) in [6.45, 7) is 0. The SMILES string of the molecule is Cn1nc(C(=O)Nc2ccc(Br)cc2Cl)ccc1=O. The second kappa shape index (κ2) is 5.54. The predicted molar refractivity (Wildman–Crippen MR) is 76.6 cm³/mol. The molecular weight excluding hydrogens is 334 g/mol. The Hall–Kier alpha value is -1.66. The quantitative estimate of drug-likeness (QED) is 0.912. The molecule has 0 aliphatic carbocycles. The molecule has 2 rings (SSSR count). The number of nitrogens with one attached hydrogen (secondary N) is 1. The van der Waals surface area contributed by atoms with E-state index in [0.717, 1.165) is 9.15 Å². The molecule has 2 aromatic rings. The van der Waals surface area contributed by atoms with Gasteiger partial charge in [0.05, 0.1) is 10.7 Å². The maximum atomic E-state index is 12.0. The van der Waals surface area contributed by atoms with Gasteiger partial charge in [0.25, 0.3) is 11.5 Å². The lowest BCUT2D eigenvalue weighted by molar-refractivity contribution is 0.102.